The second-order valence-electron chi connectivity index (χ2n) is 6.97. The van der Waals surface area contributed by atoms with Gasteiger partial charge in [0.25, 0.3) is 0 Å². The van der Waals surface area contributed by atoms with Crippen molar-refractivity contribution in [1.29, 1.82) is 0 Å². The molecule has 3 heterocycles. The maximum absolute atomic E-state index is 6.07. The van der Waals surface area contributed by atoms with Gasteiger partial charge >= 0.3 is 0 Å². The monoisotopic (exact) mass is 403 g/mol. The highest BCUT2D eigenvalue weighted by Gasteiger charge is 2.17. The maximum atomic E-state index is 6.07. The van der Waals surface area contributed by atoms with E-state index in [1.54, 1.807) is 4.52 Å². The second kappa shape index (κ2) is 7.18. The van der Waals surface area contributed by atoms with Crippen molar-refractivity contribution in [3.63, 3.8) is 0 Å². The van der Waals surface area contributed by atoms with Gasteiger partial charge in [-0.3, -0.25) is 0 Å². The summed E-state index contributed by atoms with van der Waals surface area (Å²) in [6.45, 7) is 2.85. The molecule has 3 aromatic heterocycles. The van der Waals surface area contributed by atoms with Gasteiger partial charge in [-0.05, 0) is 42.5 Å². The molecule has 1 atom stereocenters. The molecule has 0 radical (unpaired) electrons. The Morgan fingerprint density at radius 2 is 1.93 bits per heavy atom. The van der Waals surface area contributed by atoms with E-state index in [0.717, 1.165) is 29.1 Å². The Hall–Kier alpha value is -3.45. The van der Waals surface area contributed by atoms with E-state index >= 15 is 0 Å². The molecule has 0 spiro atoms. The molecule has 0 aliphatic heterocycles. The van der Waals surface area contributed by atoms with Crippen LogP contribution in [0.3, 0.4) is 0 Å². The minimum Gasteiger partial charge on any atom is -0.339 e. The van der Waals surface area contributed by atoms with Gasteiger partial charge in [-0.1, -0.05) is 36.7 Å². The van der Waals surface area contributed by atoms with E-state index in [-0.39, 0.29) is 5.92 Å². The number of nitrogens with zero attached hydrogens (tertiary/aromatic N) is 6. The van der Waals surface area contributed by atoms with Crippen LogP contribution < -0.4 is 5.32 Å². The Morgan fingerprint density at radius 1 is 1.03 bits per heavy atom. The van der Waals surface area contributed by atoms with E-state index in [2.05, 4.69) is 43.2 Å². The number of anilines is 2. The third-order valence-electron chi connectivity index (χ3n) is 4.82. The highest BCUT2D eigenvalue weighted by Crippen LogP contribution is 2.22. The number of hydrogen-bond donors (Lipinski definition) is 1. The molecule has 8 heteroatoms. The van der Waals surface area contributed by atoms with E-state index in [1.807, 2.05) is 60.9 Å². The van der Waals surface area contributed by atoms with Crippen LogP contribution in [0.2, 0.25) is 5.02 Å². The third-order valence-corrected chi connectivity index (χ3v) is 5.06. The molecule has 0 saturated heterocycles. The van der Waals surface area contributed by atoms with Gasteiger partial charge in [-0.15, -0.1) is 15.3 Å². The fraction of sp³-hybridized carbons (Fsp3) is 0.143. The van der Waals surface area contributed by atoms with Gasteiger partial charge in [-0.2, -0.15) is 4.52 Å². The SMILES string of the molecule is CC(Cn1cnc2ccccc21)c1nnc2ccc(Nc3cccc(Cl)c3)nn12. The second-order valence-corrected chi connectivity index (χ2v) is 7.41. The molecule has 0 amide bonds. The molecule has 0 aliphatic rings. The fourth-order valence-corrected chi connectivity index (χ4v) is 3.62. The molecular weight excluding hydrogens is 386 g/mol. The molecule has 1 N–H and O–H groups in total. The summed E-state index contributed by atoms with van der Waals surface area (Å²) in [5, 5.41) is 17.3. The van der Waals surface area contributed by atoms with E-state index in [1.165, 1.54) is 0 Å². The van der Waals surface area contributed by atoms with Crippen molar-refractivity contribution in [3.8, 4) is 0 Å². The summed E-state index contributed by atoms with van der Waals surface area (Å²) < 4.78 is 3.92. The Labute approximate surface area is 172 Å². The summed E-state index contributed by atoms with van der Waals surface area (Å²) in [7, 11) is 0. The first-order valence-corrected chi connectivity index (χ1v) is 9.70. The van der Waals surface area contributed by atoms with Gasteiger partial charge < -0.3 is 9.88 Å². The zero-order chi connectivity index (χ0) is 19.8. The summed E-state index contributed by atoms with van der Waals surface area (Å²) in [6, 6.07) is 19.4. The molecule has 1 unspecified atom stereocenters. The number of rotatable bonds is 5. The molecule has 7 nitrogen and oxygen atoms in total. The average molecular weight is 404 g/mol. The van der Waals surface area contributed by atoms with E-state index in [9.17, 15) is 0 Å². The Balaban J connectivity index is 1.45. The molecule has 2 aromatic carbocycles. The third kappa shape index (κ3) is 3.40. The standard InChI is InChI=1S/C21H18ClN7/c1-14(12-28-13-23-17-7-2-3-8-18(17)28)21-26-25-20-10-9-19(27-29(20)21)24-16-6-4-5-15(22)11-16/h2-11,13-14H,12H2,1H3,(H,24,27). The lowest BCUT2D eigenvalue weighted by atomic mass is 10.1. The van der Waals surface area contributed by atoms with E-state index in [4.69, 9.17) is 11.6 Å². The quantitative estimate of drug-likeness (QED) is 0.461. The fourth-order valence-electron chi connectivity index (χ4n) is 3.43. The van der Waals surface area contributed by atoms with E-state index < -0.39 is 0 Å². The van der Waals surface area contributed by atoms with Crippen LogP contribution in [0.15, 0.2) is 67.0 Å². The van der Waals surface area contributed by atoms with Crippen molar-refractivity contribution in [2.45, 2.75) is 19.4 Å². The van der Waals surface area contributed by atoms with Crippen molar-refractivity contribution >= 4 is 39.8 Å². The lowest BCUT2D eigenvalue weighted by Crippen LogP contribution is -2.11. The van der Waals surface area contributed by atoms with Crippen molar-refractivity contribution in [3.05, 3.63) is 77.8 Å². The van der Waals surface area contributed by atoms with Crippen LogP contribution >= 0.6 is 11.6 Å². The predicted octanol–water partition coefficient (Wildman–Crippen LogP) is 4.67. The number of halogens is 1. The number of aromatic nitrogens is 6. The Bertz CT molecular complexity index is 1310. The average Bonchev–Trinajstić information content (AvgIpc) is 3.32. The molecular formula is C21H18ClN7. The van der Waals surface area contributed by atoms with Crippen LogP contribution in [0.5, 0.6) is 0 Å². The number of imidazole rings is 1. The molecule has 0 bridgehead atoms. The van der Waals surface area contributed by atoms with Gasteiger partial charge in [0, 0.05) is 23.2 Å². The highest BCUT2D eigenvalue weighted by atomic mass is 35.5. The predicted molar refractivity (Wildman–Crippen MR) is 114 cm³/mol. The summed E-state index contributed by atoms with van der Waals surface area (Å²) in [5.41, 5.74) is 3.66. The first-order chi connectivity index (χ1) is 14.2. The number of para-hydroxylation sites is 2. The lowest BCUT2D eigenvalue weighted by Gasteiger charge is -2.12. The normalized spacial score (nSPS) is 12.5. The Morgan fingerprint density at radius 3 is 2.83 bits per heavy atom. The van der Waals surface area contributed by atoms with Crippen molar-refractivity contribution in [2.75, 3.05) is 5.32 Å². The zero-order valence-electron chi connectivity index (χ0n) is 15.7. The Kier molecular flexibility index (Phi) is 4.37. The minimum atomic E-state index is 0.0940. The molecule has 144 valence electrons. The summed E-state index contributed by atoms with van der Waals surface area (Å²) >= 11 is 6.07. The number of nitrogens with one attached hydrogen (secondary N) is 1. The van der Waals surface area contributed by atoms with Crippen molar-refractivity contribution < 1.29 is 0 Å². The summed E-state index contributed by atoms with van der Waals surface area (Å²) in [6.07, 6.45) is 1.87. The van der Waals surface area contributed by atoms with Crippen LogP contribution in [0.4, 0.5) is 11.5 Å². The summed E-state index contributed by atoms with van der Waals surface area (Å²) in [5.74, 6) is 1.59. The maximum Gasteiger partial charge on any atom is 0.178 e. The molecule has 29 heavy (non-hydrogen) atoms. The van der Waals surface area contributed by atoms with Gasteiger partial charge in [0.2, 0.25) is 0 Å². The van der Waals surface area contributed by atoms with Crippen molar-refractivity contribution in [1.82, 2.24) is 29.4 Å². The van der Waals surface area contributed by atoms with Crippen LogP contribution in [-0.4, -0.2) is 29.4 Å². The number of fused-ring (bicyclic) bond motifs is 2. The topological polar surface area (TPSA) is 72.9 Å². The smallest absolute Gasteiger partial charge is 0.178 e. The number of benzene rings is 2. The first kappa shape index (κ1) is 17.6. The van der Waals surface area contributed by atoms with Gasteiger partial charge in [-0.25, -0.2) is 4.98 Å². The first-order valence-electron chi connectivity index (χ1n) is 9.32. The molecule has 5 rings (SSSR count). The largest absolute Gasteiger partial charge is 0.339 e. The van der Waals surface area contributed by atoms with E-state index in [0.29, 0.717) is 16.5 Å². The molecule has 5 aromatic rings. The van der Waals surface area contributed by atoms with Crippen LogP contribution in [0.1, 0.15) is 18.7 Å². The van der Waals surface area contributed by atoms with Gasteiger partial charge in [0.15, 0.2) is 17.3 Å². The van der Waals surface area contributed by atoms with Gasteiger partial charge in [0.05, 0.1) is 17.4 Å². The summed E-state index contributed by atoms with van der Waals surface area (Å²) in [4.78, 5) is 4.47. The van der Waals surface area contributed by atoms with Crippen LogP contribution in [0, 0.1) is 0 Å². The molecule has 0 fully saturated rings. The zero-order valence-corrected chi connectivity index (χ0v) is 16.5. The lowest BCUT2D eigenvalue weighted by molar-refractivity contribution is 0.567. The van der Waals surface area contributed by atoms with Crippen LogP contribution in [-0.2, 0) is 6.54 Å². The van der Waals surface area contributed by atoms with Crippen molar-refractivity contribution in [2.24, 2.45) is 0 Å². The number of hydrogen-bond acceptors (Lipinski definition) is 5. The van der Waals surface area contributed by atoms with Gasteiger partial charge in [0.1, 0.15) is 0 Å². The minimum absolute atomic E-state index is 0.0940. The molecule has 0 saturated carbocycles. The highest BCUT2D eigenvalue weighted by molar-refractivity contribution is 6.30. The molecule has 0 aliphatic carbocycles. The van der Waals surface area contributed by atoms with Crippen LogP contribution in [0.25, 0.3) is 16.7 Å².